The summed E-state index contributed by atoms with van der Waals surface area (Å²) in [4.78, 5) is 11.5. The molecule has 1 aliphatic rings. The molecular formula is C10H16F2O5S. The van der Waals surface area contributed by atoms with Gasteiger partial charge in [-0.15, -0.1) is 0 Å². The van der Waals surface area contributed by atoms with E-state index in [0.29, 0.717) is 12.8 Å². The third kappa shape index (κ3) is 4.16. The number of rotatable bonds is 5. The van der Waals surface area contributed by atoms with Crippen molar-refractivity contribution in [3.63, 3.8) is 0 Å². The van der Waals surface area contributed by atoms with Gasteiger partial charge in [0.1, 0.15) is 0 Å². The Bertz CT molecular complexity index is 387. The molecule has 106 valence electrons. The van der Waals surface area contributed by atoms with Crippen LogP contribution in [0, 0.1) is 5.92 Å². The van der Waals surface area contributed by atoms with Crippen LogP contribution >= 0.6 is 0 Å². The lowest BCUT2D eigenvalue weighted by Crippen LogP contribution is -2.31. The van der Waals surface area contributed by atoms with E-state index in [-0.39, 0.29) is 5.92 Å². The molecule has 0 spiro atoms. The molecule has 0 unspecified atom stereocenters. The first-order chi connectivity index (χ1) is 8.24. The van der Waals surface area contributed by atoms with E-state index in [1.165, 1.54) is 0 Å². The fraction of sp³-hybridized carbons (Fsp3) is 0.900. The van der Waals surface area contributed by atoms with Crippen LogP contribution in [0.15, 0.2) is 0 Å². The van der Waals surface area contributed by atoms with Crippen molar-refractivity contribution in [3.8, 4) is 0 Å². The minimum Gasteiger partial charge on any atom is -0.465 e. The summed E-state index contributed by atoms with van der Waals surface area (Å²) < 4.78 is 59.0. The second kappa shape index (κ2) is 5.92. The summed E-state index contributed by atoms with van der Waals surface area (Å²) in [5.41, 5.74) is 0. The van der Waals surface area contributed by atoms with E-state index < -0.39 is 34.4 Å². The van der Waals surface area contributed by atoms with E-state index >= 15 is 0 Å². The zero-order valence-electron chi connectivity index (χ0n) is 9.77. The van der Waals surface area contributed by atoms with E-state index in [1.54, 1.807) is 0 Å². The fourth-order valence-corrected chi connectivity index (χ4v) is 2.20. The lowest BCUT2D eigenvalue weighted by atomic mass is 9.89. The summed E-state index contributed by atoms with van der Waals surface area (Å²) >= 11 is 0. The number of alkyl halides is 2. The molecule has 0 aromatic carbocycles. The van der Waals surface area contributed by atoms with Gasteiger partial charge in [0.05, 0.1) is 18.9 Å². The Morgan fingerprint density at radius 1 is 1.28 bits per heavy atom. The lowest BCUT2D eigenvalue weighted by molar-refractivity contribution is -0.150. The third-order valence-electron chi connectivity index (χ3n) is 2.95. The van der Waals surface area contributed by atoms with E-state index in [2.05, 4.69) is 4.74 Å². The van der Waals surface area contributed by atoms with Crippen LogP contribution in [0.5, 0.6) is 0 Å². The van der Waals surface area contributed by atoms with Crippen LogP contribution in [0.2, 0.25) is 0 Å². The number of hydrogen-bond donors (Lipinski definition) is 1. The molecule has 8 heteroatoms. The largest absolute Gasteiger partial charge is 0.465 e. The maximum atomic E-state index is 12.8. The molecule has 18 heavy (non-hydrogen) atoms. The lowest BCUT2D eigenvalue weighted by Gasteiger charge is -2.20. The number of halogens is 2. The molecule has 1 N–H and O–H groups in total. The minimum absolute atomic E-state index is 0.280. The van der Waals surface area contributed by atoms with Gasteiger partial charge in [0, 0.05) is 0 Å². The predicted octanol–water partition coefficient (Wildman–Crippen LogP) is 1.98. The smallest absolute Gasteiger partial charge is 0.373 e. The minimum atomic E-state index is -5.45. The van der Waals surface area contributed by atoms with Gasteiger partial charge in [-0.05, 0) is 12.8 Å². The van der Waals surface area contributed by atoms with Crippen molar-refractivity contribution in [2.45, 2.75) is 43.8 Å². The second-order valence-electron chi connectivity index (χ2n) is 4.36. The van der Waals surface area contributed by atoms with Crippen LogP contribution in [0.1, 0.15) is 38.5 Å². The predicted molar refractivity (Wildman–Crippen MR) is 58.6 cm³/mol. The van der Waals surface area contributed by atoms with E-state index in [1.807, 2.05) is 0 Å². The number of esters is 1. The van der Waals surface area contributed by atoms with Crippen molar-refractivity contribution < 1.29 is 31.3 Å². The molecule has 0 radical (unpaired) electrons. The van der Waals surface area contributed by atoms with E-state index in [0.717, 1.165) is 19.3 Å². The molecule has 1 rings (SSSR count). The standard InChI is InChI=1S/C10H16F2O5S/c11-10(12,18(14,15)16)6-7-17-9(13)8-4-2-1-3-5-8/h8H,1-7H2,(H,14,15,16). The normalized spacial score (nSPS) is 18.6. The molecule has 0 aromatic heterocycles. The highest BCUT2D eigenvalue weighted by molar-refractivity contribution is 7.86. The Labute approximate surface area is 104 Å². The molecule has 1 fully saturated rings. The van der Waals surface area contributed by atoms with Crippen LogP contribution in [0.4, 0.5) is 8.78 Å². The summed E-state index contributed by atoms with van der Waals surface area (Å²) in [5.74, 6) is -0.848. The van der Waals surface area contributed by atoms with Gasteiger partial charge in [0.25, 0.3) is 0 Å². The average molecular weight is 286 g/mol. The number of hydrogen-bond acceptors (Lipinski definition) is 4. The number of ether oxygens (including phenoxy) is 1. The average Bonchev–Trinajstić information content (AvgIpc) is 2.28. The molecule has 0 saturated heterocycles. The summed E-state index contributed by atoms with van der Waals surface area (Å²) in [5, 5.41) is -4.28. The number of carbonyl (C=O) groups excluding carboxylic acids is 1. The summed E-state index contributed by atoms with van der Waals surface area (Å²) in [6.45, 7) is -0.720. The number of carbonyl (C=O) groups is 1. The fourth-order valence-electron chi connectivity index (χ4n) is 1.86. The monoisotopic (exact) mass is 286 g/mol. The van der Waals surface area contributed by atoms with Gasteiger partial charge >= 0.3 is 21.3 Å². The van der Waals surface area contributed by atoms with Gasteiger partial charge in [-0.1, -0.05) is 19.3 Å². The molecule has 1 aliphatic carbocycles. The van der Waals surface area contributed by atoms with Gasteiger partial charge in [0.2, 0.25) is 0 Å². The first-order valence-corrected chi connectivity index (χ1v) is 7.19. The van der Waals surface area contributed by atoms with Gasteiger partial charge in [0.15, 0.2) is 0 Å². The van der Waals surface area contributed by atoms with Crippen LogP contribution in [-0.2, 0) is 19.6 Å². The topological polar surface area (TPSA) is 80.7 Å². The molecule has 0 amide bonds. The van der Waals surface area contributed by atoms with E-state index in [4.69, 9.17) is 4.55 Å². The van der Waals surface area contributed by atoms with Crippen molar-refractivity contribution >= 4 is 16.1 Å². The summed E-state index contributed by atoms with van der Waals surface area (Å²) in [6.07, 6.45) is 2.97. The summed E-state index contributed by atoms with van der Waals surface area (Å²) in [6, 6.07) is 0. The molecule has 0 bridgehead atoms. The molecule has 0 atom stereocenters. The Morgan fingerprint density at radius 2 is 1.83 bits per heavy atom. The van der Waals surface area contributed by atoms with Gasteiger partial charge in [-0.2, -0.15) is 17.2 Å². The summed E-state index contributed by atoms with van der Waals surface area (Å²) in [7, 11) is -5.45. The van der Waals surface area contributed by atoms with Crippen LogP contribution < -0.4 is 0 Å². The van der Waals surface area contributed by atoms with Crippen LogP contribution in [0.3, 0.4) is 0 Å². The zero-order valence-corrected chi connectivity index (χ0v) is 10.6. The Hall–Kier alpha value is -0.760. The third-order valence-corrected chi connectivity index (χ3v) is 3.91. The van der Waals surface area contributed by atoms with E-state index in [9.17, 15) is 22.0 Å². The second-order valence-corrected chi connectivity index (χ2v) is 5.91. The molecule has 1 saturated carbocycles. The van der Waals surface area contributed by atoms with Crippen molar-refractivity contribution in [1.82, 2.24) is 0 Å². The first kappa shape index (κ1) is 15.3. The Kier molecular flexibility index (Phi) is 5.03. The molecule has 0 aliphatic heterocycles. The molecule has 0 heterocycles. The Morgan fingerprint density at radius 3 is 2.33 bits per heavy atom. The zero-order chi connectivity index (χ0) is 13.8. The first-order valence-electron chi connectivity index (χ1n) is 5.75. The highest BCUT2D eigenvalue weighted by Gasteiger charge is 2.43. The van der Waals surface area contributed by atoms with Crippen molar-refractivity contribution in [1.29, 1.82) is 0 Å². The van der Waals surface area contributed by atoms with Crippen molar-refractivity contribution in [2.75, 3.05) is 6.61 Å². The highest BCUT2D eigenvalue weighted by Crippen LogP contribution is 2.27. The van der Waals surface area contributed by atoms with Gasteiger partial charge in [-0.3, -0.25) is 9.35 Å². The van der Waals surface area contributed by atoms with Gasteiger partial charge < -0.3 is 4.74 Å². The van der Waals surface area contributed by atoms with Gasteiger partial charge in [-0.25, -0.2) is 0 Å². The van der Waals surface area contributed by atoms with Crippen LogP contribution in [0.25, 0.3) is 0 Å². The molecular weight excluding hydrogens is 270 g/mol. The SMILES string of the molecule is O=C(OCCC(F)(F)S(=O)(=O)O)C1CCCCC1. The van der Waals surface area contributed by atoms with Crippen molar-refractivity contribution in [2.24, 2.45) is 5.92 Å². The van der Waals surface area contributed by atoms with Crippen LogP contribution in [-0.4, -0.2) is 30.8 Å². The molecule has 0 aromatic rings. The quantitative estimate of drug-likeness (QED) is 0.617. The maximum absolute atomic E-state index is 12.8. The Balaban J connectivity index is 2.35. The molecule has 5 nitrogen and oxygen atoms in total. The maximum Gasteiger partial charge on any atom is 0.373 e. The highest BCUT2D eigenvalue weighted by atomic mass is 32.2. The van der Waals surface area contributed by atoms with Crippen molar-refractivity contribution in [3.05, 3.63) is 0 Å².